The number of rotatable bonds is 26. The summed E-state index contributed by atoms with van der Waals surface area (Å²) >= 11 is 5.96. The third-order valence-corrected chi connectivity index (χ3v) is 22.1. The Morgan fingerprint density at radius 1 is 0.315 bits per heavy atom. The highest BCUT2D eigenvalue weighted by atomic mass is 35.5. The van der Waals surface area contributed by atoms with Crippen molar-refractivity contribution in [3.05, 3.63) is 310 Å². The number of hydrogen-bond acceptors (Lipinski definition) is 27. The summed E-state index contributed by atoms with van der Waals surface area (Å²) in [4.78, 5) is 190. The number of carboxylic acid groups (broad SMARTS) is 5. The summed E-state index contributed by atoms with van der Waals surface area (Å²) in [7, 11) is 0. The zero-order chi connectivity index (χ0) is 101. The zero-order valence-electron chi connectivity index (χ0n) is 75.7. The molecule has 20 aromatic rings. The number of halogens is 1. The van der Waals surface area contributed by atoms with E-state index < -0.39 is 29.8 Å². The average Bonchev–Trinajstić information content (AvgIpc) is 1.04. The number of benzene rings is 9. The van der Waals surface area contributed by atoms with E-state index in [-0.39, 0.29) is 77.7 Å². The number of ether oxygens (including phenoxy) is 5. The van der Waals surface area contributed by atoms with Crippen molar-refractivity contribution in [2.24, 2.45) is 0 Å². The molecule has 43 nitrogen and oxygen atoms in total. The van der Waals surface area contributed by atoms with Crippen molar-refractivity contribution in [2.45, 2.75) is 41.0 Å². The molecule has 11 heterocycles. The number of H-pyrrole nitrogens is 11. The Kier molecular flexibility index (Phi) is 28.5. The summed E-state index contributed by atoms with van der Waals surface area (Å²) in [5, 5.41) is 55.8. The smallest absolute Gasteiger partial charge is 0.352 e. The first-order chi connectivity index (χ1) is 69.0. The predicted molar refractivity (Wildman–Crippen MR) is 527 cm³/mol. The second-order valence-electron chi connectivity index (χ2n) is 30.8. The number of nitrogens with two attached hydrogens (primary N) is 1. The lowest BCUT2D eigenvalue weighted by molar-refractivity contribution is 0.0681. The third-order valence-electron chi connectivity index (χ3n) is 21.8. The van der Waals surface area contributed by atoms with E-state index in [0.717, 1.165) is 27.8 Å². The van der Waals surface area contributed by atoms with Gasteiger partial charge in [-0.2, -0.15) is 0 Å². The molecular formula is C99H81ClN22O21. The van der Waals surface area contributed by atoms with Crippen LogP contribution in [0.1, 0.15) is 97.7 Å². The Balaban J connectivity index is 0.000000128. The molecule has 19 N–H and O–H groups in total. The molecule has 20 rings (SSSR count). The number of aromatic amines is 11. The summed E-state index contributed by atoms with van der Waals surface area (Å²) in [6.45, 7) is 11.3. The van der Waals surface area contributed by atoms with Crippen molar-refractivity contribution in [3.63, 3.8) is 0 Å². The molecule has 0 unspecified atom stereocenters. The fraction of sp³-hybridized carbons (Fsp3) is 0.111. The van der Waals surface area contributed by atoms with Crippen LogP contribution in [0.15, 0.2) is 238 Å². The molecule has 0 saturated heterocycles. The minimum Gasteiger partial charge on any atom is -0.507 e. The Morgan fingerprint density at radius 3 is 0.937 bits per heavy atom. The van der Waals surface area contributed by atoms with Gasteiger partial charge in [-0.25, -0.2) is 73.8 Å². The van der Waals surface area contributed by atoms with Crippen molar-refractivity contribution in [1.29, 1.82) is 0 Å². The van der Waals surface area contributed by atoms with Gasteiger partial charge in [0.1, 0.15) is 74.9 Å². The zero-order valence-corrected chi connectivity index (χ0v) is 76.4. The molecule has 0 bridgehead atoms. The lowest BCUT2D eigenvalue weighted by Gasteiger charge is -2.13. The van der Waals surface area contributed by atoms with Crippen LogP contribution in [0.3, 0.4) is 0 Å². The quantitative estimate of drug-likeness (QED) is 0.0224. The monoisotopic (exact) mass is 1950 g/mol. The van der Waals surface area contributed by atoms with E-state index in [1.165, 1.54) is 55.9 Å². The van der Waals surface area contributed by atoms with E-state index in [0.29, 0.717) is 203 Å². The third kappa shape index (κ3) is 21.3. The average molecular weight is 1950 g/mol. The molecule has 0 aliphatic carbocycles. The van der Waals surface area contributed by atoms with Gasteiger partial charge in [0.2, 0.25) is 0 Å². The van der Waals surface area contributed by atoms with Gasteiger partial charge in [0.25, 0.3) is 27.8 Å². The summed E-state index contributed by atoms with van der Waals surface area (Å²) in [6.07, 6.45) is 9.28. The van der Waals surface area contributed by atoms with Crippen LogP contribution in [0.2, 0.25) is 5.02 Å². The van der Waals surface area contributed by atoms with Gasteiger partial charge in [-0.15, -0.1) is 0 Å². The highest BCUT2D eigenvalue weighted by Crippen LogP contribution is 2.40. The Bertz CT molecular complexity index is 8150. The first kappa shape index (κ1) is 96.4. The molecule has 11 aromatic heterocycles. The van der Waals surface area contributed by atoms with Crippen LogP contribution in [-0.4, -0.2) is 198 Å². The molecule has 0 aliphatic heterocycles. The SMILES string of the molecule is CCOc1cc(-c2c[nH]c(C(=O)O)c2)ccc1-c1nc2nc[nH]c2c(=O)[nH]1.CCOc1cc(-c2ccc(Cl)c(C(=O)O)c2)ccc1-c1nc2nc[nH]c2c(=O)[nH]1.CCOc1cc(-c2ccc(N)c(C(=O)O)c2)ccc1-c1nc2nc[nH]c2c(=O)[nH]1.CCOc1cc(-c2ccc(O)c(C(=O)O)c2)ccc1-c1nc2nc[nH]c2c(=O)[nH]1.CCOc1cc(Cc2ccc(C(=O)O)cc2)ccc1-c1nc2nc[nH]c2c(=O)[nH]1. The van der Waals surface area contributed by atoms with E-state index in [4.69, 9.17) is 51.2 Å². The summed E-state index contributed by atoms with van der Waals surface area (Å²) in [6, 6.07) is 49.1. The number of nitrogens with zero attached hydrogens (tertiary/aromatic N) is 10. The highest BCUT2D eigenvalue weighted by Gasteiger charge is 2.24. The molecule has 0 saturated carbocycles. The van der Waals surface area contributed by atoms with E-state index in [9.17, 15) is 68.4 Å². The first-order valence-corrected chi connectivity index (χ1v) is 43.9. The number of carbonyl (C=O) groups is 5. The van der Waals surface area contributed by atoms with Crippen LogP contribution in [0.5, 0.6) is 34.5 Å². The van der Waals surface area contributed by atoms with Gasteiger partial charge in [-0.3, -0.25) is 24.0 Å². The molecule has 0 spiro atoms. The second kappa shape index (κ2) is 42.2. The lowest BCUT2D eigenvalue weighted by atomic mass is 10.00. The minimum atomic E-state index is -1.22. The van der Waals surface area contributed by atoms with Crippen LogP contribution in [0, 0.1) is 0 Å². The van der Waals surface area contributed by atoms with Crippen molar-refractivity contribution >= 4 is 103 Å². The van der Waals surface area contributed by atoms with Gasteiger partial charge in [0.05, 0.1) is 114 Å². The van der Waals surface area contributed by atoms with E-state index in [2.05, 4.69) is 105 Å². The van der Waals surface area contributed by atoms with Gasteiger partial charge in [-0.1, -0.05) is 72.3 Å². The standard InChI is InChI=1S/C21H18N4O4.C20H15ClN4O4.C20H17N5O4.C20H16N4O5.C18H15N5O4/c1-2-29-16-10-13(9-12-3-6-14(7-4-12)21(27)28)5-8-15(16)18-24-19-17(20(26)25-18)22-11-23-19;2*1-2-29-15-8-11(10-4-6-14(21)13(7-10)20(27)28)3-5-12(15)17-24-18-16(19(26)25-17)22-9-23-18;1-2-29-15-8-11(10-4-6-14(25)13(7-10)20(27)28)3-5-12(15)17-23-18-16(19(26)24-17)21-9-22-18;1-2-27-13-6-9(10-5-12(18(25)26)19-7-10)3-4-11(13)15-22-16-14(17(24)23-15)20-8-21-16/h3-8,10-11H,2,9H2,1H3,(H,27,28)(H2,22,23,24,25,26);3-9H,2H2,1H3,(H,27,28)(H2,22,23,24,25,26);3-9H,2,21H2,1H3,(H,27,28)(H2,22,23,24,25,26);3-9,25H,2H2,1H3,(H,27,28)(H2,21,22,23,24,26);3-8,19H,2H2,1H3,(H,25,26)(H2,20,21,22,23,24). The number of imidazole rings is 5. The van der Waals surface area contributed by atoms with Gasteiger partial charge < -0.3 is 115 Å². The minimum absolute atomic E-state index is 0.0150. The number of aromatic carboxylic acids is 5. The van der Waals surface area contributed by atoms with Crippen LogP contribution in [0.25, 0.3) is 157 Å². The number of anilines is 1. The van der Waals surface area contributed by atoms with Crippen molar-refractivity contribution in [2.75, 3.05) is 38.8 Å². The molecule has 9 aromatic carbocycles. The van der Waals surface area contributed by atoms with E-state index >= 15 is 0 Å². The molecule has 44 heteroatoms. The maximum atomic E-state index is 12.2. The van der Waals surface area contributed by atoms with Gasteiger partial charge >= 0.3 is 29.8 Å². The highest BCUT2D eigenvalue weighted by molar-refractivity contribution is 6.33. The molecule has 720 valence electrons. The fourth-order valence-corrected chi connectivity index (χ4v) is 15.2. The van der Waals surface area contributed by atoms with Crippen molar-refractivity contribution in [3.8, 4) is 136 Å². The molecular weight excluding hydrogens is 1870 g/mol. The lowest BCUT2D eigenvalue weighted by Crippen LogP contribution is -2.10. The van der Waals surface area contributed by atoms with Crippen molar-refractivity contribution < 1.29 is 78.3 Å². The summed E-state index contributed by atoms with van der Waals surface area (Å²) in [5.41, 5.74) is 18.1. The number of hydrogen-bond donors (Lipinski definition) is 18. The van der Waals surface area contributed by atoms with Gasteiger partial charge in [0, 0.05) is 17.4 Å². The number of aromatic hydroxyl groups is 1. The van der Waals surface area contributed by atoms with Gasteiger partial charge in [0.15, 0.2) is 55.8 Å². The summed E-state index contributed by atoms with van der Waals surface area (Å²) < 4.78 is 28.8. The van der Waals surface area contributed by atoms with Crippen molar-refractivity contribution in [1.82, 2.24) is 105 Å². The van der Waals surface area contributed by atoms with Crippen LogP contribution >= 0.6 is 11.6 Å². The van der Waals surface area contributed by atoms with Crippen LogP contribution < -0.4 is 57.2 Å². The number of phenols is 1. The summed E-state index contributed by atoms with van der Waals surface area (Å²) in [5.74, 6) is -1.44. The van der Waals surface area contributed by atoms with Crippen LogP contribution in [-0.2, 0) is 6.42 Å². The van der Waals surface area contributed by atoms with E-state index in [1.54, 1.807) is 140 Å². The predicted octanol–water partition coefficient (Wildman–Crippen LogP) is 14.6. The Morgan fingerprint density at radius 2 is 0.608 bits per heavy atom. The largest absolute Gasteiger partial charge is 0.507 e. The molecule has 143 heavy (non-hydrogen) atoms. The number of fused-ring (bicyclic) bond motifs is 5. The Labute approximate surface area is 807 Å². The fourth-order valence-electron chi connectivity index (χ4n) is 15.1. The number of aromatic nitrogens is 21. The second-order valence-corrected chi connectivity index (χ2v) is 31.3. The number of nitrogen functional groups attached to an aromatic ring is 1. The normalized spacial score (nSPS) is 11.0. The van der Waals surface area contributed by atoms with Gasteiger partial charge in [-0.05, 0) is 206 Å². The van der Waals surface area contributed by atoms with Crippen LogP contribution in [0.4, 0.5) is 5.69 Å². The number of carboxylic acids is 5. The molecule has 0 fully saturated rings. The molecule has 0 aliphatic rings. The first-order valence-electron chi connectivity index (χ1n) is 43.5. The molecule has 0 radical (unpaired) electrons. The molecule has 0 atom stereocenters. The maximum absolute atomic E-state index is 12.2. The number of nitrogens with one attached hydrogen (secondary N) is 11. The van der Waals surface area contributed by atoms with E-state index in [1.807, 2.05) is 52.8 Å². The molecule has 0 amide bonds. The maximum Gasteiger partial charge on any atom is 0.352 e. The topological polar surface area (TPSA) is 667 Å². The Hall–Kier alpha value is -19.7.